The van der Waals surface area contributed by atoms with Crippen LogP contribution in [0, 0.1) is 0 Å². The summed E-state index contributed by atoms with van der Waals surface area (Å²) in [5.41, 5.74) is 1.21. The number of hydrogen-bond donors (Lipinski definition) is 0. The minimum absolute atomic E-state index is 0.191. The lowest BCUT2D eigenvalue weighted by Gasteiger charge is -2.35. The predicted molar refractivity (Wildman–Crippen MR) is 72.8 cm³/mol. The highest BCUT2D eigenvalue weighted by Crippen LogP contribution is 2.41. The average molecular weight is 283 g/mol. The number of hydrogen-bond acceptors (Lipinski definition) is 3. The molecule has 1 saturated heterocycles. The lowest BCUT2D eigenvalue weighted by atomic mass is 10.00. The summed E-state index contributed by atoms with van der Waals surface area (Å²) >= 11 is 12.2. The average Bonchev–Trinajstić information content (AvgIpc) is 2.54. The Morgan fingerprint density at radius 3 is 2.78 bits per heavy atom. The number of halogens is 2. The molecule has 94 valence electrons. The van der Waals surface area contributed by atoms with E-state index in [1.807, 2.05) is 24.8 Å². The van der Waals surface area contributed by atoms with Crippen molar-refractivity contribution in [2.45, 2.75) is 32.4 Å². The standard InChI is InChI=1S/C13H12Cl2N2O/c1-13(2)10(18)5-11-16-9-4-3-8(14)12(15)7(9)6-17(11)13/h3-4H,5-6H2,1-2H3. The van der Waals surface area contributed by atoms with Gasteiger partial charge in [0, 0.05) is 12.1 Å². The van der Waals surface area contributed by atoms with Gasteiger partial charge in [-0.3, -0.25) is 4.79 Å². The normalized spacial score (nSPS) is 20.6. The first-order valence-corrected chi connectivity index (χ1v) is 6.52. The smallest absolute Gasteiger partial charge is 0.165 e. The van der Waals surface area contributed by atoms with Crippen molar-refractivity contribution in [3.63, 3.8) is 0 Å². The Morgan fingerprint density at radius 1 is 1.33 bits per heavy atom. The van der Waals surface area contributed by atoms with Gasteiger partial charge in [0.2, 0.25) is 0 Å². The molecule has 0 aliphatic carbocycles. The van der Waals surface area contributed by atoms with Gasteiger partial charge in [-0.05, 0) is 26.0 Å². The zero-order chi connectivity index (χ0) is 13.1. The first kappa shape index (κ1) is 12.0. The van der Waals surface area contributed by atoms with Crippen LogP contribution in [0.4, 0.5) is 5.69 Å². The van der Waals surface area contributed by atoms with Gasteiger partial charge in [0.1, 0.15) is 5.84 Å². The maximum absolute atomic E-state index is 12.0. The monoisotopic (exact) mass is 282 g/mol. The molecule has 0 amide bonds. The van der Waals surface area contributed by atoms with Gasteiger partial charge in [0.25, 0.3) is 0 Å². The van der Waals surface area contributed by atoms with Crippen LogP contribution in [0.15, 0.2) is 17.1 Å². The molecule has 2 aliphatic rings. The second kappa shape index (κ2) is 3.72. The van der Waals surface area contributed by atoms with E-state index in [0.717, 1.165) is 17.1 Å². The van der Waals surface area contributed by atoms with Gasteiger partial charge in [0.15, 0.2) is 5.78 Å². The zero-order valence-corrected chi connectivity index (χ0v) is 11.6. The van der Waals surface area contributed by atoms with Crippen LogP contribution in [0.2, 0.25) is 10.0 Å². The highest BCUT2D eigenvalue weighted by Gasteiger charge is 2.45. The fourth-order valence-electron chi connectivity index (χ4n) is 2.45. The number of aliphatic imine (C=N–C) groups is 1. The van der Waals surface area contributed by atoms with Crippen LogP contribution in [0.25, 0.3) is 0 Å². The summed E-state index contributed by atoms with van der Waals surface area (Å²) in [6.07, 6.45) is 0.396. The van der Waals surface area contributed by atoms with E-state index in [4.69, 9.17) is 23.2 Å². The van der Waals surface area contributed by atoms with Crippen LogP contribution in [0.3, 0.4) is 0 Å². The Balaban J connectivity index is 2.15. The zero-order valence-electron chi connectivity index (χ0n) is 10.1. The van der Waals surface area contributed by atoms with E-state index in [1.54, 1.807) is 6.07 Å². The van der Waals surface area contributed by atoms with E-state index in [2.05, 4.69) is 4.99 Å². The molecule has 3 rings (SSSR count). The molecule has 18 heavy (non-hydrogen) atoms. The lowest BCUT2D eigenvalue weighted by Crippen LogP contribution is -2.44. The van der Waals surface area contributed by atoms with Crippen LogP contribution in [-0.4, -0.2) is 22.1 Å². The van der Waals surface area contributed by atoms with Gasteiger partial charge < -0.3 is 4.90 Å². The molecule has 0 N–H and O–H groups in total. The Morgan fingerprint density at radius 2 is 2.06 bits per heavy atom. The summed E-state index contributed by atoms with van der Waals surface area (Å²) in [4.78, 5) is 18.5. The van der Waals surface area contributed by atoms with E-state index in [1.165, 1.54) is 0 Å². The summed E-state index contributed by atoms with van der Waals surface area (Å²) in [5.74, 6) is 1.02. The first-order chi connectivity index (χ1) is 8.41. The minimum Gasteiger partial charge on any atom is -0.343 e. The molecule has 0 spiro atoms. The van der Waals surface area contributed by atoms with E-state index >= 15 is 0 Å². The molecule has 0 atom stereocenters. The van der Waals surface area contributed by atoms with Crippen molar-refractivity contribution in [3.8, 4) is 0 Å². The maximum atomic E-state index is 12.0. The number of ketones is 1. The Labute approximate surface area is 115 Å². The van der Waals surface area contributed by atoms with Gasteiger partial charge in [-0.1, -0.05) is 23.2 Å². The summed E-state index contributed by atoms with van der Waals surface area (Å²) in [7, 11) is 0. The lowest BCUT2D eigenvalue weighted by molar-refractivity contribution is -0.123. The molecule has 2 aliphatic heterocycles. The van der Waals surface area contributed by atoms with Gasteiger partial charge in [-0.15, -0.1) is 0 Å². The molecule has 0 bridgehead atoms. The molecular formula is C13H12Cl2N2O. The Bertz CT molecular complexity index is 593. The molecule has 0 unspecified atom stereocenters. The van der Waals surface area contributed by atoms with Crippen molar-refractivity contribution in [1.29, 1.82) is 0 Å². The second-order valence-electron chi connectivity index (χ2n) is 5.13. The maximum Gasteiger partial charge on any atom is 0.165 e. The van der Waals surface area contributed by atoms with Gasteiger partial charge in [-0.25, -0.2) is 4.99 Å². The number of benzene rings is 1. The first-order valence-electron chi connectivity index (χ1n) is 5.76. The van der Waals surface area contributed by atoms with Crippen molar-refractivity contribution in [3.05, 3.63) is 27.7 Å². The van der Waals surface area contributed by atoms with Crippen LogP contribution in [0.1, 0.15) is 25.8 Å². The number of rotatable bonds is 0. The molecule has 0 saturated carbocycles. The molecule has 5 heteroatoms. The molecule has 0 aromatic heterocycles. The van der Waals surface area contributed by atoms with Gasteiger partial charge in [-0.2, -0.15) is 0 Å². The van der Waals surface area contributed by atoms with E-state index in [9.17, 15) is 4.79 Å². The van der Waals surface area contributed by atoms with Crippen molar-refractivity contribution < 1.29 is 4.79 Å². The number of Topliss-reactive ketones (excluding diaryl/α,β-unsaturated/α-hetero) is 1. The number of nitrogens with zero attached hydrogens (tertiary/aromatic N) is 2. The number of fused-ring (bicyclic) bond motifs is 2. The highest BCUT2D eigenvalue weighted by atomic mass is 35.5. The quantitative estimate of drug-likeness (QED) is 0.729. The van der Waals surface area contributed by atoms with Crippen molar-refractivity contribution in [1.82, 2.24) is 4.90 Å². The number of carbonyl (C=O) groups excluding carboxylic acids is 1. The molecule has 0 radical (unpaired) electrons. The molecule has 1 aromatic rings. The molecule has 1 aromatic carbocycles. The van der Waals surface area contributed by atoms with Crippen molar-refractivity contribution >= 4 is 40.5 Å². The van der Waals surface area contributed by atoms with Crippen LogP contribution < -0.4 is 0 Å². The topological polar surface area (TPSA) is 32.7 Å². The van der Waals surface area contributed by atoms with Gasteiger partial charge >= 0.3 is 0 Å². The summed E-state index contributed by atoms with van der Waals surface area (Å²) < 4.78 is 0. The summed E-state index contributed by atoms with van der Waals surface area (Å²) in [5, 5.41) is 1.06. The molecule has 2 heterocycles. The fraction of sp³-hybridized carbons (Fsp3) is 0.385. The molecule has 1 fully saturated rings. The third kappa shape index (κ3) is 1.50. The Kier molecular flexibility index (Phi) is 2.48. The highest BCUT2D eigenvalue weighted by molar-refractivity contribution is 6.42. The summed E-state index contributed by atoms with van der Waals surface area (Å²) in [6, 6.07) is 3.59. The predicted octanol–water partition coefficient (Wildman–Crippen LogP) is 3.59. The number of amidine groups is 1. The molecular weight excluding hydrogens is 271 g/mol. The van der Waals surface area contributed by atoms with E-state index in [-0.39, 0.29) is 5.78 Å². The van der Waals surface area contributed by atoms with Crippen LogP contribution >= 0.6 is 23.2 Å². The molecule has 3 nitrogen and oxygen atoms in total. The Hall–Kier alpha value is -1.06. The van der Waals surface area contributed by atoms with E-state index in [0.29, 0.717) is 23.0 Å². The van der Waals surface area contributed by atoms with Crippen LogP contribution in [-0.2, 0) is 11.3 Å². The summed E-state index contributed by atoms with van der Waals surface area (Å²) in [6.45, 7) is 4.43. The van der Waals surface area contributed by atoms with Crippen molar-refractivity contribution in [2.24, 2.45) is 4.99 Å². The largest absolute Gasteiger partial charge is 0.343 e. The minimum atomic E-state index is -0.512. The third-order valence-electron chi connectivity index (χ3n) is 3.72. The van der Waals surface area contributed by atoms with Gasteiger partial charge in [0.05, 0.1) is 27.7 Å². The van der Waals surface area contributed by atoms with E-state index < -0.39 is 5.54 Å². The van der Waals surface area contributed by atoms with Crippen molar-refractivity contribution in [2.75, 3.05) is 0 Å². The second-order valence-corrected chi connectivity index (χ2v) is 5.92. The fourth-order valence-corrected chi connectivity index (χ4v) is 2.85. The third-order valence-corrected chi connectivity index (χ3v) is 4.57. The van der Waals surface area contributed by atoms with Crippen LogP contribution in [0.5, 0.6) is 0 Å². The number of carbonyl (C=O) groups is 1. The SMILES string of the molecule is CC1(C)C(=O)CC2=Nc3ccc(Cl)c(Cl)c3CN21.